The van der Waals surface area contributed by atoms with Gasteiger partial charge in [0.25, 0.3) is 0 Å². The molecular formula is C22H19N3O2S. The average molecular weight is 389 g/mol. The minimum atomic E-state index is 0.837. The van der Waals surface area contributed by atoms with Crippen LogP contribution >= 0.6 is 11.3 Å². The van der Waals surface area contributed by atoms with Gasteiger partial charge in [0.2, 0.25) is 0 Å². The van der Waals surface area contributed by atoms with Crippen molar-refractivity contribution in [2.75, 3.05) is 14.2 Å². The van der Waals surface area contributed by atoms with Gasteiger partial charge in [-0.3, -0.25) is 0 Å². The smallest absolute Gasteiger partial charge is 0.126 e. The number of thiazole rings is 1. The molecule has 0 aliphatic heterocycles. The molecule has 0 saturated heterocycles. The molecule has 0 unspecified atom stereocenters. The maximum atomic E-state index is 5.41. The number of hydrogen-bond donors (Lipinski definition) is 2. The summed E-state index contributed by atoms with van der Waals surface area (Å²) < 4.78 is 10.7. The van der Waals surface area contributed by atoms with E-state index in [0.29, 0.717) is 0 Å². The van der Waals surface area contributed by atoms with Gasteiger partial charge in [0, 0.05) is 56.3 Å². The van der Waals surface area contributed by atoms with Crippen LogP contribution in [0, 0.1) is 6.92 Å². The van der Waals surface area contributed by atoms with Crippen molar-refractivity contribution >= 4 is 33.1 Å². The van der Waals surface area contributed by atoms with E-state index in [-0.39, 0.29) is 0 Å². The van der Waals surface area contributed by atoms with Crippen LogP contribution in [0.2, 0.25) is 0 Å². The number of benzene rings is 2. The molecule has 6 heteroatoms. The lowest BCUT2D eigenvalue weighted by Gasteiger charge is -2.01. The molecule has 0 saturated carbocycles. The number of methoxy groups -OCH3 is 2. The molecule has 3 heterocycles. The van der Waals surface area contributed by atoms with Crippen molar-refractivity contribution in [1.29, 1.82) is 0 Å². The number of aromatic nitrogens is 3. The molecule has 140 valence electrons. The number of nitrogens with one attached hydrogen (secondary N) is 2. The van der Waals surface area contributed by atoms with Crippen molar-refractivity contribution in [3.8, 4) is 33.3 Å². The molecule has 0 spiro atoms. The normalized spacial score (nSPS) is 11.4. The van der Waals surface area contributed by atoms with E-state index in [0.717, 1.165) is 60.8 Å². The summed E-state index contributed by atoms with van der Waals surface area (Å²) in [5.41, 5.74) is 6.42. The third kappa shape index (κ3) is 2.57. The van der Waals surface area contributed by atoms with Crippen molar-refractivity contribution < 1.29 is 9.47 Å². The Bertz CT molecular complexity index is 1310. The summed E-state index contributed by atoms with van der Waals surface area (Å²) >= 11 is 1.65. The van der Waals surface area contributed by atoms with Gasteiger partial charge in [0.05, 0.1) is 19.9 Å². The standard InChI is InChI=1S/C22H19N3O2S/c1-12-21(16-8-13(26-2)5-7-18(16)24-12)20-11-28-22(25-20)17-10-23-19-9-14(27-3)4-6-15(17)19/h4-11,23-24H,1-3H3. The molecule has 0 atom stereocenters. The average Bonchev–Trinajstić information content (AvgIpc) is 3.42. The first-order valence-electron chi connectivity index (χ1n) is 8.95. The molecular weight excluding hydrogens is 370 g/mol. The van der Waals surface area contributed by atoms with E-state index in [9.17, 15) is 0 Å². The molecule has 5 nitrogen and oxygen atoms in total. The Morgan fingerprint density at radius 3 is 2.54 bits per heavy atom. The SMILES string of the molecule is COc1ccc2c(-c3nc(-c4c(C)[nH]c5ccc(OC)cc45)cs3)c[nH]c2c1. The second-order valence-corrected chi connectivity index (χ2v) is 7.55. The molecule has 0 fully saturated rings. The summed E-state index contributed by atoms with van der Waals surface area (Å²) in [5, 5.41) is 5.37. The third-order valence-corrected chi connectivity index (χ3v) is 5.95. The Morgan fingerprint density at radius 2 is 1.71 bits per heavy atom. The van der Waals surface area contributed by atoms with Crippen molar-refractivity contribution in [3.63, 3.8) is 0 Å². The van der Waals surface area contributed by atoms with Crippen LogP contribution in [0.1, 0.15) is 5.69 Å². The number of rotatable bonds is 4. The molecule has 3 aromatic heterocycles. The fraction of sp³-hybridized carbons (Fsp3) is 0.136. The van der Waals surface area contributed by atoms with Gasteiger partial charge in [-0.15, -0.1) is 11.3 Å². The van der Waals surface area contributed by atoms with E-state index in [1.54, 1.807) is 25.6 Å². The molecule has 2 N–H and O–H groups in total. The van der Waals surface area contributed by atoms with E-state index in [4.69, 9.17) is 14.5 Å². The molecule has 0 radical (unpaired) electrons. The van der Waals surface area contributed by atoms with E-state index in [1.165, 1.54) is 0 Å². The Kier molecular flexibility index (Phi) is 3.87. The fourth-order valence-corrected chi connectivity index (χ4v) is 4.52. The molecule has 5 aromatic rings. The minimum Gasteiger partial charge on any atom is -0.497 e. The number of fused-ring (bicyclic) bond motifs is 2. The van der Waals surface area contributed by atoms with Gasteiger partial charge >= 0.3 is 0 Å². The van der Waals surface area contributed by atoms with Crippen LogP contribution in [0.5, 0.6) is 11.5 Å². The Morgan fingerprint density at radius 1 is 0.929 bits per heavy atom. The molecule has 0 bridgehead atoms. The maximum Gasteiger partial charge on any atom is 0.126 e. The summed E-state index contributed by atoms with van der Waals surface area (Å²) in [4.78, 5) is 11.7. The predicted octanol–water partition coefficient (Wildman–Crippen LogP) is 5.77. The lowest BCUT2D eigenvalue weighted by molar-refractivity contribution is 0.415. The van der Waals surface area contributed by atoms with Crippen molar-refractivity contribution in [1.82, 2.24) is 15.0 Å². The Balaban J connectivity index is 1.63. The monoisotopic (exact) mass is 389 g/mol. The summed E-state index contributed by atoms with van der Waals surface area (Å²) in [6.45, 7) is 2.08. The number of aromatic amines is 2. The van der Waals surface area contributed by atoms with E-state index >= 15 is 0 Å². The zero-order valence-electron chi connectivity index (χ0n) is 15.8. The summed E-state index contributed by atoms with van der Waals surface area (Å²) in [6.07, 6.45) is 2.01. The largest absolute Gasteiger partial charge is 0.497 e. The van der Waals surface area contributed by atoms with Crippen molar-refractivity contribution in [2.24, 2.45) is 0 Å². The first-order valence-corrected chi connectivity index (χ1v) is 9.83. The molecule has 0 aliphatic carbocycles. The second kappa shape index (κ2) is 6.42. The van der Waals surface area contributed by atoms with Gasteiger partial charge < -0.3 is 19.4 Å². The van der Waals surface area contributed by atoms with E-state index in [2.05, 4.69) is 34.4 Å². The summed E-state index contributed by atoms with van der Waals surface area (Å²) in [7, 11) is 3.37. The van der Waals surface area contributed by atoms with Gasteiger partial charge in [-0.1, -0.05) is 0 Å². The first-order chi connectivity index (χ1) is 13.7. The van der Waals surface area contributed by atoms with Crippen molar-refractivity contribution in [2.45, 2.75) is 6.92 Å². The molecule has 28 heavy (non-hydrogen) atoms. The molecule has 0 aliphatic rings. The van der Waals surface area contributed by atoms with Crippen molar-refractivity contribution in [3.05, 3.63) is 53.7 Å². The molecule has 0 amide bonds. The highest BCUT2D eigenvalue weighted by Gasteiger charge is 2.17. The van der Waals surface area contributed by atoms with E-state index < -0.39 is 0 Å². The van der Waals surface area contributed by atoms with Gasteiger partial charge in [0.15, 0.2) is 0 Å². The van der Waals surface area contributed by atoms with Gasteiger partial charge in [-0.05, 0) is 37.3 Å². The quantitative estimate of drug-likeness (QED) is 0.410. The zero-order chi connectivity index (χ0) is 19.3. The van der Waals surface area contributed by atoms with Crippen LogP contribution in [0.25, 0.3) is 43.6 Å². The molecule has 2 aromatic carbocycles. The number of nitrogens with zero attached hydrogens (tertiary/aromatic N) is 1. The Hall–Kier alpha value is -3.25. The second-order valence-electron chi connectivity index (χ2n) is 6.69. The van der Waals surface area contributed by atoms with Crippen LogP contribution in [-0.4, -0.2) is 29.2 Å². The first kappa shape index (κ1) is 16.9. The summed E-state index contributed by atoms with van der Waals surface area (Å²) in [6, 6.07) is 12.1. The number of aryl methyl sites for hydroxylation is 1. The highest BCUT2D eigenvalue weighted by atomic mass is 32.1. The van der Waals surface area contributed by atoms with Crippen LogP contribution in [0.15, 0.2) is 48.0 Å². The Labute approximate surface area is 166 Å². The molecule has 5 rings (SSSR count). The van der Waals surface area contributed by atoms with Crippen LogP contribution < -0.4 is 9.47 Å². The van der Waals surface area contributed by atoms with E-state index in [1.807, 2.05) is 30.5 Å². The zero-order valence-corrected chi connectivity index (χ0v) is 16.6. The topological polar surface area (TPSA) is 62.9 Å². The number of H-pyrrole nitrogens is 2. The number of ether oxygens (including phenoxy) is 2. The third-order valence-electron chi connectivity index (χ3n) is 5.07. The van der Waals surface area contributed by atoms with Crippen LogP contribution in [-0.2, 0) is 0 Å². The van der Waals surface area contributed by atoms with Gasteiger partial charge in [-0.25, -0.2) is 4.98 Å². The van der Waals surface area contributed by atoms with Crippen LogP contribution in [0.4, 0.5) is 0 Å². The summed E-state index contributed by atoms with van der Waals surface area (Å²) in [5.74, 6) is 1.68. The van der Waals surface area contributed by atoms with Gasteiger partial charge in [-0.2, -0.15) is 0 Å². The predicted molar refractivity (Wildman–Crippen MR) is 115 cm³/mol. The highest BCUT2D eigenvalue weighted by molar-refractivity contribution is 7.13. The van der Waals surface area contributed by atoms with Crippen LogP contribution in [0.3, 0.4) is 0 Å². The fourth-order valence-electron chi connectivity index (χ4n) is 3.68. The minimum absolute atomic E-state index is 0.837. The highest BCUT2D eigenvalue weighted by Crippen LogP contribution is 2.38. The number of hydrogen-bond acceptors (Lipinski definition) is 4. The lowest BCUT2D eigenvalue weighted by Crippen LogP contribution is -1.83. The lowest BCUT2D eigenvalue weighted by atomic mass is 10.1. The van der Waals surface area contributed by atoms with Gasteiger partial charge in [0.1, 0.15) is 16.5 Å². The maximum absolute atomic E-state index is 5.41.